The van der Waals surface area contributed by atoms with Crippen molar-refractivity contribution in [2.75, 3.05) is 13.1 Å². The molecule has 0 aromatic heterocycles. The maximum atomic E-state index is 13.3. The van der Waals surface area contributed by atoms with Crippen LogP contribution in [-0.2, 0) is 4.74 Å². The predicted octanol–water partition coefficient (Wildman–Crippen LogP) is 5.71. The molecule has 33 heavy (non-hydrogen) atoms. The number of alkyl halides is 6. The van der Waals surface area contributed by atoms with Crippen molar-refractivity contribution < 1.29 is 40.6 Å². The van der Waals surface area contributed by atoms with E-state index in [1.165, 1.54) is 17.0 Å². The van der Waals surface area contributed by atoms with Gasteiger partial charge in [0.25, 0.3) is 0 Å². The summed E-state index contributed by atoms with van der Waals surface area (Å²) in [5, 5.41) is 0. The first-order valence-electron chi connectivity index (χ1n) is 10.00. The number of hydrogen-bond donors (Lipinski definition) is 1. The van der Waals surface area contributed by atoms with Gasteiger partial charge in [0.2, 0.25) is 0 Å². The summed E-state index contributed by atoms with van der Waals surface area (Å²) in [5.74, 6) is -1.11. The summed E-state index contributed by atoms with van der Waals surface area (Å²) >= 11 is 0. The van der Waals surface area contributed by atoms with Crippen molar-refractivity contribution in [1.82, 2.24) is 4.90 Å². The molecule has 0 saturated carbocycles. The summed E-state index contributed by atoms with van der Waals surface area (Å²) in [7, 11) is 0. The highest BCUT2D eigenvalue weighted by Gasteiger charge is 2.37. The predicted molar refractivity (Wildman–Crippen MR) is 109 cm³/mol. The minimum Gasteiger partial charge on any atom is -0.444 e. The molecule has 1 saturated heterocycles. The second-order valence-electron chi connectivity index (χ2n) is 8.41. The van der Waals surface area contributed by atoms with Crippen molar-refractivity contribution in [1.29, 1.82) is 0 Å². The quantitative estimate of drug-likeness (QED) is 0.442. The van der Waals surface area contributed by atoms with E-state index in [9.17, 15) is 31.1 Å². The van der Waals surface area contributed by atoms with Gasteiger partial charge in [-0.3, -0.25) is 4.99 Å². The molecule has 0 unspecified atom stereocenters. The number of allylic oxidation sites excluding steroid dienone is 2. The molecule has 1 heterocycles. The normalized spacial score (nSPS) is 17.2. The van der Waals surface area contributed by atoms with Crippen LogP contribution in [0.2, 0.25) is 0 Å². The number of nitrogens with two attached hydrogens (primary N) is 1. The van der Waals surface area contributed by atoms with Gasteiger partial charge >= 0.3 is 18.6 Å². The van der Waals surface area contributed by atoms with E-state index in [0.29, 0.717) is 0 Å². The Kier molecular flexibility index (Phi) is 7.91. The molecule has 0 radical (unpaired) electrons. The molecule has 2 rings (SSSR count). The fourth-order valence-electron chi connectivity index (χ4n) is 3.14. The van der Waals surface area contributed by atoms with Gasteiger partial charge in [-0.2, -0.15) is 13.2 Å². The van der Waals surface area contributed by atoms with E-state index in [2.05, 4.69) is 9.73 Å². The number of benzene rings is 1. The number of carbonyl (C=O) groups excluding carboxylic acids is 1. The number of piperidine rings is 1. The Labute approximate surface area is 187 Å². The van der Waals surface area contributed by atoms with Gasteiger partial charge in [-0.1, -0.05) is 0 Å². The molecule has 0 aliphatic carbocycles. The van der Waals surface area contributed by atoms with Crippen molar-refractivity contribution in [2.24, 2.45) is 16.6 Å². The maximum absolute atomic E-state index is 13.3. The molecule has 1 amide bonds. The average Bonchev–Trinajstić information content (AvgIpc) is 2.66. The van der Waals surface area contributed by atoms with Crippen LogP contribution >= 0.6 is 0 Å². The first kappa shape index (κ1) is 26.3. The topological polar surface area (TPSA) is 77.1 Å². The summed E-state index contributed by atoms with van der Waals surface area (Å²) in [6.07, 6.45) is -8.84. The Hall–Kier alpha value is -2.92. The number of likely N-dealkylation sites (tertiary alicyclic amines) is 1. The summed E-state index contributed by atoms with van der Waals surface area (Å²) < 4.78 is 85.8. The molecular weight excluding hydrogens is 456 g/mol. The minimum absolute atomic E-state index is 0.114. The first-order valence-corrected chi connectivity index (χ1v) is 10.00. The van der Waals surface area contributed by atoms with E-state index in [0.717, 1.165) is 18.3 Å². The minimum atomic E-state index is -4.87. The Morgan fingerprint density at radius 1 is 1.06 bits per heavy atom. The zero-order chi connectivity index (χ0) is 25.0. The molecule has 1 aromatic rings. The van der Waals surface area contributed by atoms with Gasteiger partial charge in [0, 0.05) is 24.9 Å². The Morgan fingerprint density at radius 3 is 2.06 bits per heavy atom. The van der Waals surface area contributed by atoms with Crippen LogP contribution in [0.25, 0.3) is 0 Å². The van der Waals surface area contributed by atoms with E-state index in [1.54, 1.807) is 20.8 Å². The van der Waals surface area contributed by atoms with Crippen molar-refractivity contribution in [2.45, 2.75) is 51.8 Å². The Morgan fingerprint density at radius 2 is 1.61 bits per heavy atom. The van der Waals surface area contributed by atoms with Crippen molar-refractivity contribution in [3.63, 3.8) is 0 Å². The smallest absolute Gasteiger partial charge is 0.444 e. The van der Waals surface area contributed by atoms with Crippen LogP contribution in [0.3, 0.4) is 0 Å². The molecule has 184 valence electrons. The van der Waals surface area contributed by atoms with Crippen LogP contribution in [0.1, 0.15) is 33.6 Å². The molecule has 1 aromatic carbocycles. The molecule has 0 atom stereocenters. The monoisotopic (exact) mass is 481 g/mol. The fraction of sp³-hybridized carbons (Fsp3) is 0.524. The number of nitrogens with zero attached hydrogens (tertiary/aromatic N) is 2. The van der Waals surface area contributed by atoms with Gasteiger partial charge in [-0.25, -0.2) is 4.79 Å². The zero-order valence-electron chi connectivity index (χ0n) is 18.3. The number of halogens is 6. The van der Waals surface area contributed by atoms with Crippen molar-refractivity contribution in [3.8, 4) is 5.75 Å². The SMILES string of the molecule is CC(C)(C)OC(=O)N1CCC(/C(C=Nc2ccc(OC(F)(F)F)cc2)=C(/N)C(F)(F)F)CC1. The summed E-state index contributed by atoms with van der Waals surface area (Å²) in [5.41, 5.74) is 3.23. The molecular formula is C21H25F6N3O3. The number of rotatable bonds is 4. The number of hydrogen-bond acceptors (Lipinski definition) is 5. The van der Waals surface area contributed by atoms with Crippen LogP contribution < -0.4 is 10.5 Å². The maximum Gasteiger partial charge on any atom is 0.573 e. The molecule has 0 bridgehead atoms. The van der Waals surface area contributed by atoms with Gasteiger partial charge in [-0.15, -0.1) is 13.2 Å². The standard InChI is InChI=1S/C21H25F6N3O3/c1-19(2,3)33-18(31)30-10-8-13(9-11-30)16(17(28)20(22,23)24)12-29-14-4-6-15(7-5-14)32-21(25,26)27/h4-7,12-13H,8-11,28H2,1-3H3/b17-16+,29-12?. The molecule has 0 spiro atoms. The van der Waals surface area contributed by atoms with Crippen LogP contribution in [0.5, 0.6) is 5.75 Å². The molecule has 2 N–H and O–H groups in total. The highest BCUT2D eigenvalue weighted by atomic mass is 19.4. The van der Waals surface area contributed by atoms with Crippen molar-refractivity contribution >= 4 is 18.0 Å². The van der Waals surface area contributed by atoms with Crippen LogP contribution in [0.15, 0.2) is 40.5 Å². The summed E-state index contributed by atoms with van der Waals surface area (Å²) in [6, 6.07) is 4.33. The summed E-state index contributed by atoms with van der Waals surface area (Å²) in [4.78, 5) is 17.6. The summed E-state index contributed by atoms with van der Waals surface area (Å²) in [6.45, 7) is 5.47. The lowest BCUT2D eigenvalue weighted by Gasteiger charge is -2.34. The zero-order valence-corrected chi connectivity index (χ0v) is 18.3. The number of aliphatic imine (C=N–C) groups is 1. The molecule has 6 nitrogen and oxygen atoms in total. The number of carbonyl (C=O) groups is 1. The molecule has 12 heteroatoms. The van der Waals surface area contributed by atoms with E-state index < -0.39 is 41.6 Å². The van der Waals surface area contributed by atoms with Crippen LogP contribution in [-0.4, -0.2) is 48.4 Å². The Balaban J connectivity index is 2.17. The van der Waals surface area contributed by atoms with E-state index in [1.807, 2.05) is 0 Å². The van der Waals surface area contributed by atoms with Gasteiger partial charge in [0.1, 0.15) is 17.0 Å². The average molecular weight is 481 g/mol. The van der Waals surface area contributed by atoms with Crippen molar-refractivity contribution in [3.05, 3.63) is 35.5 Å². The third-order valence-electron chi connectivity index (χ3n) is 4.63. The van der Waals surface area contributed by atoms with Gasteiger partial charge in [-0.05, 0) is 63.8 Å². The first-order chi connectivity index (χ1) is 15.0. The largest absolute Gasteiger partial charge is 0.573 e. The molecule has 1 aliphatic rings. The number of ether oxygens (including phenoxy) is 2. The third-order valence-corrected chi connectivity index (χ3v) is 4.63. The third kappa shape index (κ3) is 8.50. The highest BCUT2D eigenvalue weighted by Crippen LogP contribution is 2.32. The second-order valence-corrected chi connectivity index (χ2v) is 8.41. The Bertz CT molecular complexity index is 878. The molecule has 1 fully saturated rings. The lowest BCUT2D eigenvalue weighted by atomic mass is 9.88. The van der Waals surface area contributed by atoms with Crippen LogP contribution in [0, 0.1) is 5.92 Å². The lowest BCUT2D eigenvalue weighted by molar-refractivity contribution is -0.274. The lowest BCUT2D eigenvalue weighted by Crippen LogP contribution is -2.42. The highest BCUT2D eigenvalue weighted by molar-refractivity contribution is 5.83. The van der Waals surface area contributed by atoms with E-state index in [4.69, 9.17) is 10.5 Å². The van der Waals surface area contributed by atoms with E-state index >= 15 is 0 Å². The van der Waals surface area contributed by atoms with E-state index in [-0.39, 0.29) is 37.2 Å². The van der Waals surface area contributed by atoms with Gasteiger partial charge in [0.15, 0.2) is 0 Å². The van der Waals surface area contributed by atoms with Gasteiger partial charge in [0.05, 0.1) is 5.69 Å². The van der Waals surface area contributed by atoms with Gasteiger partial charge < -0.3 is 20.1 Å². The fourth-order valence-corrected chi connectivity index (χ4v) is 3.14. The number of amides is 1. The van der Waals surface area contributed by atoms with Crippen LogP contribution in [0.4, 0.5) is 36.8 Å². The second kappa shape index (κ2) is 9.92. The molecule has 1 aliphatic heterocycles.